The van der Waals surface area contributed by atoms with Crippen LogP contribution in [0.3, 0.4) is 0 Å². The van der Waals surface area contributed by atoms with E-state index in [-0.39, 0.29) is 71.4 Å². The van der Waals surface area contributed by atoms with Gasteiger partial charge in [0.2, 0.25) is 5.91 Å². The number of rotatable bonds is 16. The first-order valence-electron chi connectivity index (χ1n) is 9.21. The maximum absolute atomic E-state index is 11.6. The maximum atomic E-state index is 11.6. The predicted molar refractivity (Wildman–Crippen MR) is 107 cm³/mol. The molecule has 26 heavy (non-hydrogen) atoms. The summed E-state index contributed by atoms with van der Waals surface area (Å²) in [6.07, 6.45) is 12.7. The van der Waals surface area contributed by atoms with Gasteiger partial charge in [-0.15, -0.1) is 0 Å². The van der Waals surface area contributed by atoms with Crippen molar-refractivity contribution < 1.29 is 24.6 Å². The molecule has 3 N–H and O–H groups in total. The molecule has 0 rings (SSSR count). The minimum atomic E-state index is -1.34. The Morgan fingerprint density at radius 2 is 1.19 bits per heavy atom. The molecular weight excluding hydrogens is 356 g/mol. The van der Waals surface area contributed by atoms with Crippen molar-refractivity contribution >= 4 is 77.0 Å². The number of carbonyl (C=O) groups is 3. The molecule has 0 spiro atoms. The molecule has 0 aromatic heterocycles. The summed E-state index contributed by atoms with van der Waals surface area (Å²) in [7, 11) is 0. The van der Waals surface area contributed by atoms with Gasteiger partial charge in [-0.25, -0.2) is 4.79 Å². The average molecular weight is 391 g/mol. The fraction of sp³-hybridized carbons (Fsp3) is 0.833. The molecule has 0 heterocycles. The summed E-state index contributed by atoms with van der Waals surface area (Å²) in [6, 6.07) is -1.34. The van der Waals surface area contributed by atoms with E-state index in [2.05, 4.69) is 12.2 Å². The quantitative estimate of drug-likeness (QED) is 0.277. The minimum absolute atomic E-state index is 0. The third-order valence-corrected chi connectivity index (χ3v) is 4.02. The molecule has 144 valence electrons. The van der Waals surface area contributed by atoms with Crippen molar-refractivity contribution in [2.24, 2.45) is 0 Å². The Bertz CT molecular complexity index is 381. The summed E-state index contributed by atoms with van der Waals surface area (Å²) in [5.74, 6) is -2.94. The first kappa shape index (κ1) is 31.1. The van der Waals surface area contributed by atoms with Gasteiger partial charge in [0.25, 0.3) is 0 Å². The van der Waals surface area contributed by atoms with Crippen molar-refractivity contribution in [2.45, 2.75) is 96.4 Å². The van der Waals surface area contributed by atoms with Gasteiger partial charge in [0.1, 0.15) is 6.04 Å². The van der Waals surface area contributed by atoms with Gasteiger partial charge >= 0.3 is 71.1 Å². The second kappa shape index (κ2) is 21.7. The van der Waals surface area contributed by atoms with Gasteiger partial charge in [-0.05, 0) is 6.42 Å². The molecule has 0 aliphatic rings. The molecule has 0 aliphatic heterocycles. The van der Waals surface area contributed by atoms with E-state index in [0.717, 1.165) is 12.8 Å². The van der Waals surface area contributed by atoms with Gasteiger partial charge in [-0.1, -0.05) is 71.1 Å². The summed E-state index contributed by atoms with van der Waals surface area (Å²) in [6.45, 7) is 2.22. The number of unbranched alkanes of at least 4 members (excludes halogenated alkanes) is 10. The van der Waals surface area contributed by atoms with Crippen LogP contribution < -0.4 is 5.32 Å². The molecule has 0 saturated heterocycles. The molecule has 0 bridgehead atoms. The summed E-state index contributed by atoms with van der Waals surface area (Å²) < 4.78 is 0. The third-order valence-electron chi connectivity index (χ3n) is 4.02. The fourth-order valence-electron chi connectivity index (χ4n) is 2.59. The molecule has 0 unspecified atom stereocenters. The van der Waals surface area contributed by atoms with Crippen molar-refractivity contribution in [3.63, 3.8) is 0 Å². The van der Waals surface area contributed by atoms with E-state index in [0.29, 0.717) is 6.42 Å². The molecule has 0 aliphatic carbocycles. The molecule has 1 amide bonds. The van der Waals surface area contributed by atoms with Crippen LogP contribution in [0.2, 0.25) is 0 Å². The molecule has 0 saturated carbocycles. The van der Waals surface area contributed by atoms with Crippen LogP contribution in [-0.4, -0.2) is 93.2 Å². The summed E-state index contributed by atoms with van der Waals surface area (Å²) in [5, 5.41) is 19.7. The van der Waals surface area contributed by atoms with E-state index in [9.17, 15) is 14.4 Å². The van der Waals surface area contributed by atoms with Gasteiger partial charge in [-0.2, -0.15) is 0 Å². The number of carbonyl (C=O) groups excluding carboxylic acids is 1. The molecule has 0 aromatic carbocycles. The number of nitrogens with one attached hydrogen (secondary N) is 1. The van der Waals surface area contributed by atoms with E-state index in [4.69, 9.17) is 10.2 Å². The van der Waals surface area contributed by atoms with Gasteiger partial charge in [0.05, 0.1) is 6.42 Å². The molecule has 0 aromatic rings. The van der Waals surface area contributed by atoms with Crippen LogP contribution in [-0.2, 0) is 14.4 Å². The van der Waals surface area contributed by atoms with Crippen molar-refractivity contribution in [2.75, 3.05) is 0 Å². The molecule has 6 nitrogen and oxygen atoms in total. The number of hydrogen-bond donors (Lipinski definition) is 3. The monoisotopic (exact) mass is 391 g/mol. The Hall–Kier alpha value is 0.410. The zero-order valence-electron chi connectivity index (χ0n) is 14.9. The van der Waals surface area contributed by atoms with Crippen molar-refractivity contribution in [3.8, 4) is 0 Å². The van der Waals surface area contributed by atoms with Gasteiger partial charge in [0, 0.05) is 6.42 Å². The molecule has 0 fully saturated rings. The standard InChI is InChI=1S/C18H33NO5.2Na.2H/c1-2-3-4-5-6-7-8-9-10-11-12-13-16(20)19-15(18(23)24)14-17(21)22;;;;/h15H,2-14H2,1H3,(H,19,20)(H,21,22)(H,23,24);;;;/t15-;;;;/m0..../s1. The second-order valence-electron chi connectivity index (χ2n) is 6.34. The topological polar surface area (TPSA) is 104 Å². The van der Waals surface area contributed by atoms with Gasteiger partial charge in [-0.3, -0.25) is 9.59 Å². The number of aliphatic carboxylic acids is 2. The van der Waals surface area contributed by atoms with E-state index in [1.165, 1.54) is 51.4 Å². The van der Waals surface area contributed by atoms with Gasteiger partial charge < -0.3 is 15.5 Å². The normalized spacial score (nSPS) is 11.0. The predicted octanol–water partition coefficient (Wildman–Crippen LogP) is 2.43. The van der Waals surface area contributed by atoms with E-state index >= 15 is 0 Å². The zero-order chi connectivity index (χ0) is 18.2. The Balaban J connectivity index is -0.00000264. The molecule has 0 radical (unpaired) electrons. The third kappa shape index (κ3) is 20.7. The first-order valence-corrected chi connectivity index (χ1v) is 9.21. The van der Waals surface area contributed by atoms with E-state index in [1.807, 2.05) is 0 Å². The molecular formula is C18H35NNa2O5. The average Bonchev–Trinajstić information content (AvgIpc) is 2.51. The van der Waals surface area contributed by atoms with Crippen LogP contribution in [0, 0.1) is 0 Å². The number of carboxylic acids is 2. The second-order valence-corrected chi connectivity index (χ2v) is 6.34. The zero-order valence-corrected chi connectivity index (χ0v) is 14.9. The number of amides is 1. The van der Waals surface area contributed by atoms with Crippen LogP contribution in [0.25, 0.3) is 0 Å². The van der Waals surface area contributed by atoms with Crippen LogP contribution in [0.1, 0.15) is 90.4 Å². The summed E-state index contributed by atoms with van der Waals surface area (Å²) >= 11 is 0. The van der Waals surface area contributed by atoms with Crippen LogP contribution in [0.15, 0.2) is 0 Å². The summed E-state index contributed by atoms with van der Waals surface area (Å²) in [4.78, 5) is 33.0. The van der Waals surface area contributed by atoms with Crippen LogP contribution in [0.5, 0.6) is 0 Å². The Morgan fingerprint density at radius 3 is 1.58 bits per heavy atom. The SMILES string of the molecule is CCCCCCCCCCCCCC(=O)N[C@@H](CC(=O)O)C(=O)O.[NaH].[NaH]. The van der Waals surface area contributed by atoms with E-state index in [1.54, 1.807) is 0 Å². The van der Waals surface area contributed by atoms with Crippen molar-refractivity contribution in [3.05, 3.63) is 0 Å². The Labute approximate surface area is 201 Å². The number of carboxylic acid groups (broad SMARTS) is 2. The summed E-state index contributed by atoms with van der Waals surface area (Å²) in [5.41, 5.74) is 0. The van der Waals surface area contributed by atoms with Crippen molar-refractivity contribution in [1.29, 1.82) is 0 Å². The number of hydrogen-bond acceptors (Lipinski definition) is 3. The van der Waals surface area contributed by atoms with E-state index < -0.39 is 24.4 Å². The fourth-order valence-corrected chi connectivity index (χ4v) is 2.59. The van der Waals surface area contributed by atoms with Crippen molar-refractivity contribution in [1.82, 2.24) is 5.32 Å². The Morgan fingerprint density at radius 1 is 0.769 bits per heavy atom. The van der Waals surface area contributed by atoms with Crippen LogP contribution >= 0.6 is 0 Å². The molecule has 1 atom stereocenters. The first-order chi connectivity index (χ1) is 11.5. The van der Waals surface area contributed by atoms with Crippen LogP contribution in [0.4, 0.5) is 0 Å². The van der Waals surface area contributed by atoms with Gasteiger partial charge in [0.15, 0.2) is 0 Å². The Kier molecular flexibility index (Phi) is 26.0. The molecule has 8 heteroatoms.